The van der Waals surface area contributed by atoms with Gasteiger partial charge in [0.25, 0.3) is 0 Å². The standard InChI is InChI=1S/C10H7N/c1-2-11-6-10-8(1)3-7-4-9(10)5-7/h1-4,6H,5H2. The van der Waals surface area contributed by atoms with Gasteiger partial charge in [0, 0.05) is 17.8 Å². The van der Waals surface area contributed by atoms with E-state index >= 15 is 0 Å². The number of benzene rings is 1. The van der Waals surface area contributed by atoms with Gasteiger partial charge in [-0.05, 0) is 29.0 Å². The van der Waals surface area contributed by atoms with Crippen molar-refractivity contribution in [2.24, 2.45) is 0 Å². The van der Waals surface area contributed by atoms with Crippen LogP contribution < -0.4 is 0 Å². The fourth-order valence-electron chi connectivity index (χ4n) is 1.68. The second kappa shape index (κ2) is 1.62. The van der Waals surface area contributed by atoms with E-state index in [1.54, 1.807) is 0 Å². The fourth-order valence-corrected chi connectivity index (χ4v) is 1.68. The first kappa shape index (κ1) is 5.30. The van der Waals surface area contributed by atoms with Crippen LogP contribution in [0.5, 0.6) is 0 Å². The monoisotopic (exact) mass is 141 g/mol. The fraction of sp³-hybridized carbons (Fsp3) is 0.100. The summed E-state index contributed by atoms with van der Waals surface area (Å²) >= 11 is 0. The molecule has 0 fully saturated rings. The van der Waals surface area contributed by atoms with Crippen LogP contribution in [-0.4, -0.2) is 4.98 Å². The Hall–Kier alpha value is -1.37. The summed E-state index contributed by atoms with van der Waals surface area (Å²) in [6.07, 6.45) is 4.95. The van der Waals surface area contributed by atoms with Crippen LogP contribution >= 0.6 is 0 Å². The largest absolute Gasteiger partial charge is 0.264 e. The maximum atomic E-state index is 4.10. The molecule has 1 heteroatoms. The summed E-state index contributed by atoms with van der Waals surface area (Å²) in [5.74, 6) is 0. The molecule has 2 aromatic rings. The Bertz CT molecular complexity index is 432. The highest BCUT2D eigenvalue weighted by Crippen LogP contribution is 2.30. The Morgan fingerprint density at radius 2 is 2.18 bits per heavy atom. The molecule has 1 aromatic heterocycles. The summed E-state index contributed by atoms with van der Waals surface area (Å²) < 4.78 is 0. The van der Waals surface area contributed by atoms with Gasteiger partial charge in [-0.2, -0.15) is 0 Å². The Morgan fingerprint density at radius 1 is 1.27 bits per heavy atom. The van der Waals surface area contributed by atoms with Crippen molar-refractivity contribution in [2.45, 2.75) is 6.42 Å². The maximum Gasteiger partial charge on any atom is 0.0349 e. The zero-order valence-corrected chi connectivity index (χ0v) is 6.04. The Balaban J connectivity index is 2.57. The minimum Gasteiger partial charge on any atom is -0.264 e. The summed E-state index contributed by atoms with van der Waals surface area (Å²) in [5.41, 5.74) is 2.91. The average molecular weight is 141 g/mol. The molecule has 0 saturated heterocycles. The zero-order valence-electron chi connectivity index (χ0n) is 6.04. The number of hydrogen-bond acceptors (Lipinski definition) is 1. The van der Waals surface area contributed by atoms with Crippen LogP contribution in [0.1, 0.15) is 11.1 Å². The van der Waals surface area contributed by atoms with Gasteiger partial charge in [0.1, 0.15) is 0 Å². The van der Waals surface area contributed by atoms with Crippen LogP contribution in [0.4, 0.5) is 0 Å². The van der Waals surface area contributed by atoms with E-state index < -0.39 is 0 Å². The minimum atomic E-state index is 1.15. The summed E-state index contributed by atoms with van der Waals surface area (Å²) in [5, 5.41) is 2.65. The number of nitrogens with zero attached hydrogens (tertiary/aromatic N) is 1. The lowest BCUT2D eigenvalue weighted by molar-refractivity contribution is 1.12. The van der Waals surface area contributed by atoms with Crippen LogP contribution in [0, 0.1) is 0 Å². The van der Waals surface area contributed by atoms with E-state index in [9.17, 15) is 0 Å². The van der Waals surface area contributed by atoms with Crippen LogP contribution in [0.15, 0.2) is 30.6 Å². The molecule has 1 heterocycles. The van der Waals surface area contributed by atoms with Crippen molar-refractivity contribution < 1.29 is 0 Å². The van der Waals surface area contributed by atoms with Crippen molar-refractivity contribution in [3.05, 3.63) is 41.7 Å². The molecule has 1 nitrogen and oxygen atoms in total. The van der Waals surface area contributed by atoms with E-state index in [4.69, 9.17) is 0 Å². The highest BCUT2D eigenvalue weighted by molar-refractivity contribution is 5.88. The predicted octanol–water partition coefficient (Wildman–Crippen LogP) is 2.14. The number of pyridine rings is 1. The third-order valence-electron chi connectivity index (χ3n) is 2.30. The maximum absolute atomic E-state index is 4.10. The average Bonchev–Trinajstić information content (AvgIpc) is 2.02. The molecule has 0 radical (unpaired) electrons. The molecular formula is C10H7N. The molecule has 1 aromatic carbocycles. The van der Waals surface area contributed by atoms with Gasteiger partial charge in [0.15, 0.2) is 0 Å². The Kier molecular flexibility index (Phi) is 0.779. The van der Waals surface area contributed by atoms with Gasteiger partial charge in [0.2, 0.25) is 0 Å². The van der Waals surface area contributed by atoms with Crippen LogP contribution in [0.2, 0.25) is 0 Å². The van der Waals surface area contributed by atoms with Crippen molar-refractivity contribution in [2.75, 3.05) is 0 Å². The third kappa shape index (κ3) is 0.577. The highest BCUT2D eigenvalue weighted by Gasteiger charge is 2.12. The first-order valence-electron chi connectivity index (χ1n) is 3.79. The molecule has 0 N–H and O–H groups in total. The molecule has 0 amide bonds. The number of rotatable bonds is 0. The number of hydrogen-bond donors (Lipinski definition) is 0. The smallest absolute Gasteiger partial charge is 0.0349 e. The van der Waals surface area contributed by atoms with Crippen molar-refractivity contribution in [1.82, 2.24) is 4.98 Å². The topological polar surface area (TPSA) is 12.9 Å². The molecule has 0 aliphatic heterocycles. The normalized spacial score (nSPS) is 13.1. The quantitative estimate of drug-likeness (QED) is 0.467. The van der Waals surface area contributed by atoms with E-state index in [1.807, 2.05) is 12.4 Å². The first-order chi connectivity index (χ1) is 5.43. The van der Waals surface area contributed by atoms with Crippen molar-refractivity contribution >= 4 is 10.8 Å². The first-order valence-corrected chi connectivity index (χ1v) is 3.79. The minimum absolute atomic E-state index is 1.15. The lowest BCUT2D eigenvalue weighted by Crippen LogP contribution is -2.01. The van der Waals surface area contributed by atoms with Crippen molar-refractivity contribution in [3.8, 4) is 0 Å². The second-order valence-electron chi connectivity index (χ2n) is 3.03. The van der Waals surface area contributed by atoms with Gasteiger partial charge < -0.3 is 0 Å². The SMILES string of the molecule is c1cc2cc3cc(c2cn1)C3. The lowest BCUT2D eigenvalue weighted by Gasteiger charge is -2.17. The van der Waals surface area contributed by atoms with E-state index in [0.717, 1.165) is 6.42 Å². The van der Waals surface area contributed by atoms with E-state index in [2.05, 4.69) is 23.2 Å². The van der Waals surface area contributed by atoms with Gasteiger partial charge >= 0.3 is 0 Å². The molecule has 2 aliphatic rings. The molecular weight excluding hydrogens is 134 g/mol. The summed E-state index contributed by atoms with van der Waals surface area (Å²) in [6, 6.07) is 6.55. The van der Waals surface area contributed by atoms with Crippen molar-refractivity contribution in [1.29, 1.82) is 0 Å². The second-order valence-corrected chi connectivity index (χ2v) is 3.03. The molecule has 11 heavy (non-hydrogen) atoms. The molecule has 0 unspecified atom stereocenters. The molecule has 0 saturated carbocycles. The summed E-state index contributed by atoms with van der Waals surface area (Å²) in [4.78, 5) is 4.10. The van der Waals surface area contributed by atoms with Gasteiger partial charge in [-0.25, -0.2) is 0 Å². The van der Waals surface area contributed by atoms with Crippen molar-refractivity contribution in [3.63, 3.8) is 0 Å². The van der Waals surface area contributed by atoms with Gasteiger partial charge in [-0.1, -0.05) is 12.1 Å². The highest BCUT2D eigenvalue weighted by atomic mass is 14.6. The van der Waals surface area contributed by atoms with Crippen LogP contribution in [-0.2, 0) is 6.42 Å². The summed E-state index contributed by atoms with van der Waals surface area (Å²) in [7, 11) is 0. The Morgan fingerprint density at radius 3 is 3.00 bits per heavy atom. The lowest BCUT2D eigenvalue weighted by atomic mass is 9.88. The van der Waals surface area contributed by atoms with Crippen LogP contribution in [0.25, 0.3) is 10.8 Å². The van der Waals surface area contributed by atoms with E-state index in [1.165, 1.54) is 21.9 Å². The van der Waals surface area contributed by atoms with Gasteiger partial charge in [-0.3, -0.25) is 4.98 Å². The predicted molar refractivity (Wildman–Crippen MR) is 44.5 cm³/mol. The van der Waals surface area contributed by atoms with E-state index in [0.29, 0.717) is 0 Å². The van der Waals surface area contributed by atoms with Crippen LogP contribution in [0.3, 0.4) is 0 Å². The van der Waals surface area contributed by atoms with E-state index in [-0.39, 0.29) is 0 Å². The molecule has 52 valence electrons. The Labute approximate surface area is 64.7 Å². The summed E-state index contributed by atoms with van der Waals surface area (Å²) in [6.45, 7) is 0. The number of aromatic nitrogens is 1. The molecule has 0 spiro atoms. The molecule has 2 aliphatic carbocycles. The van der Waals surface area contributed by atoms with Gasteiger partial charge in [0.05, 0.1) is 0 Å². The molecule has 0 atom stereocenters. The third-order valence-corrected chi connectivity index (χ3v) is 2.30. The molecule has 2 bridgehead atoms. The zero-order chi connectivity index (χ0) is 7.26. The molecule has 4 rings (SSSR count). The van der Waals surface area contributed by atoms with Gasteiger partial charge in [-0.15, -0.1) is 0 Å².